The summed E-state index contributed by atoms with van der Waals surface area (Å²) in [4.78, 5) is 15.1. The number of carbonyl (C=O) groups excluding carboxylic acids is 1. The van der Waals surface area contributed by atoms with Crippen LogP contribution >= 0.6 is 0 Å². The van der Waals surface area contributed by atoms with E-state index in [9.17, 15) is 13.2 Å². The molecule has 0 bridgehead atoms. The molecule has 1 fully saturated rings. The summed E-state index contributed by atoms with van der Waals surface area (Å²) in [6.07, 6.45) is -0.685. The van der Waals surface area contributed by atoms with Gasteiger partial charge in [0.2, 0.25) is 10.0 Å². The summed E-state index contributed by atoms with van der Waals surface area (Å²) in [7, 11) is -3.76. The van der Waals surface area contributed by atoms with Gasteiger partial charge >= 0.3 is 0 Å². The number of aryl methyl sites for hydroxylation is 1. The van der Waals surface area contributed by atoms with Crippen LogP contribution in [0.2, 0.25) is 0 Å². The average molecular weight is 407 g/mol. The normalized spacial score (nSPS) is 17.4. The van der Waals surface area contributed by atoms with Gasteiger partial charge in [0.1, 0.15) is 6.17 Å². The Morgan fingerprint density at radius 3 is 2.03 bits per heavy atom. The third-order valence-corrected chi connectivity index (χ3v) is 7.00. The molecule has 0 unspecified atom stereocenters. The molecular formula is C23H22N2O3S. The Morgan fingerprint density at radius 1 is 0.828 bits per heavy atom. The monoisotopic (exact) mass is 406 g/mol. The highest BCUT2D eigenvalue weighted by Crippen LogP contribution is 2.35. The molecule has 6 heteroatoms. The lowest BCUT2D eigenvalue weighted by Gasteiger charge is -2.30. The summed E-state index contributed by atoms with van der Waals surface area (Å²) in [6.45, 7) is 2.49. The predicted octanol–water partition coefficient (Wildman–Crippen LogP) is 3.84. The van der Waals surface area contributed by atoms with Crippen LogP contribution in [0.15, 0.2) is 89.8 Å². The minimum absolute atomic E-state index is 0.180. The highest BCUT2D eigenvalue weighted by Gasteiger charge is 2.43. The maximum Gasteiger partial charge on any atom is 0.255 e. The van der Waals surface area contributed by atoms with E-state index in [-0.39, 0.29) is 17.3 Å². The van der Waals surface area contributed by atoms with Crippen LogP contribution in [0.25, 0.3) is 0 Å². The minimum atomic E-state index is -3.76. The summed E-state index contributed by atoms with van der Waals surface area (Å²) in [6, 6.07) is 25.1. The van der Waals surface area contributed by atoms with Gasteiger partial charge in [0, 0.05) is 18.7 Å². The van der Waals surface area contributed by atoms with Crippen molar-refractivity contribution >= 4 is 15.9 Å². The topological polar surface area (TPSA) is 57.7 Å². The molecule has 1 aliphatic heterocycles. The number of rotatable bonds is 4. The van der Waals surface area contributed by atoms with Crippen LogP contribution in [0, 0.1) is 6.92 Å². The van der Waals surface area contributed by atoms with Gasteiger partial charge in [0.25, 0.3) is 5.91 Å². The van der Waals surface area contributed by atoms with Gasteiger partial charge in [-0.2, -0.15) is 4.31 Å². The van der Waals surface area contributed by atoms with E-state index in [1.165, 1.54) is 4.31 Å². The molecule has 0 saturated carbocycles. The molecule has 148 valence electrons. The zero-order valence-corrected chi connectivity index (χ0v) is 16.9. The van der Waals surface area contributed by atoms with Gasteiger partial charge in [0.15, 0.2) is 0 Å². The highest BCUT2D eigenvalue weighted by atomic mass is 32.2. The third kappa shape index (κ3) is 3.69. The number of carbonyl (C=O) groups is 1. The Kier molecular flexibility index (Phi) is 5.22. The van der Waals surface area contributed by atoms with Crippen molar-refractivity contribution in [3.8, 4) is 0 Å². The van der Waals surface area contributed by atoms with E-state index in [4.69, 9.17) is 0 Å². The molecule has 0 aliphatic carbocycles. The summed E-state index contributed by atoms with van der Waals surface area (Å²) in [5, 5.41) is 0. The van der Waals surface area contributed by atoms with Gasteiger partial charge in [-0.25, -0.2) is 8.42 Å². The van der Waals surface area contributed by atoms with Gasteiger partial charge in [0.05, 0.1) is 4.90 Å². The number of nitrogens with zero attached hydrogens (tertiary/aromatic N) is 2. The Balaban J connectivity index is 1.76. The molecule has 29 heavy (non-hydrogen) atoms. The first-order valence-corrected chi connectivity index (χ1v) is 10.9. The Labute approximate surface area is 171 Å². The molecule has 1 heterocycles. The Bertz CT molecular complexity index is 1100. The second-order valence-corrected chi connectivity index (χ2v) is 8.97. The van der Waals surface area contributed by atoms with Crippen molar-refractivity contribution in [1.29, 1.82) is 0 Å². The van der Waals surface area contributed by atoms with E-state index in [1.807, 2.05) is 55.5 Å². The number of amides is 1. The SMILES string of the molecule is Cc1ccc(S(=O)(=O)N2CCN(C(=O)c3ccccc3)[C@H]2c2ccccc2)cc1. The maximum absolute atomic E-state index is 13.4. The van der Waals surface area contributed by atoms with E-state index in [1.54, 1.807) is 41.3 Å². The fourth-order valence-electron chi connectivity index (χ4n) is 3.63. The third-order valence-electron chi connectivity index (χ3n) is 5.14. The molecule has 1 atom stereocenters. The summed E-state index contributed by atoms with van der Waals surface area (Å²) in [5.74, 6) is -0.180. The van der Waals surface area contributed by atoms with Crippen LogP contribution in [-0.4, -0.2) is 36.6 Å². The summed E-state index contributed by atoms with van der Waals surface area (Å²) >= 11 is 0. The minimum Gasteiger partial charge on any atom is -0.316 e. The first kappa shape index (κ1) is 19.4. The van der Waals surface area contributed by atoms with Gasteiger partial charge in [-0.15, -0.1) is 0 Å². The van der Waals surface area contributed by atoms with Crippen LogP contribution < -0.4 is 0 Å². The lowest BCUT2D eigenvalue weighted by Crippen LogP contribution is -2.38. The van der Waals surface area contributed by atoms with E-state index < -0.39 is 16.2 Å². The second-order valence-electron chi connectivity index (χ2n) is 7.08. The van der Waals surface area contributed by atoms with Crippen LogP contribution in [0.3, 0.4) is 0 Å². The first-order chi connectivity index (χ1) is 14.0. The van der Waals surface area contributed by atoms with Crippen LogP contribution in [-0.2, 0) is 10.0 Å². The predicted molar refractivity (Wildman–Crippen MR) is 112 cm³/mol. The quantitative estimate of drug-likeness (QED) is 0.661. The van der Waals surface area contributed by atoms with Crippen molar-refractivity contribution < 1.29 is 13.2 Å². The van der Waals surface area contributed by atoms with Gasteiger partial charge < -0.3 is 4.90 Å². The zero-order chi connectivity index (χ0) is 20.4. The van der Waals surface area contributed by atoms with Crippen molar-refractivity contribution in [2.75, 3.05) is 13.1 Å². The molecule has 1 saturated heterocycles. The standard InChI is InChI=1S/C23H22N2O3S/c1-18-12-14-21(15-13-18)29(27,28)25-17-16-24(22(25)19-8-4-2-5-9-19)23(26)20-10-6-3-7-11-20/h2-15,22H,16-17H2,1H3/t22-/m1/s1. The van der Waals surface area contributed by atoms with Crippen LogP contribution in [0.1, 0.15) is 27.7 Å². The maximum atomic E-state index is 13.4. The van der Waals surface area contributed by atoms with E-state index >= 15 is 0 Å². The number of hydrogen-bond acceptors (Lipinski definition) is 3. The molecule has 1 amide bonds. The number of sulfonamides is 1. The molecule has 1 aliphatic rings. The smallest absolute Gasteiger partial charge is 0.255 e. The van der Waals surface area contributed by atoms with E-state index in [0.717, 1.165) is 11.1 Å². The van der Waals surface area contributed by atoms with Gasteiger partial charge in [-0.3, -0.25) is 4.79 Å². The average Bonchev–Trinajstić information content (AvgIpc) is 3.21. The molecule has 5 nitrogen and oxygen atoms in total. The van der Waals surface area contributed by atoms with Crippen molar-refractivity contribution in [3.63, 3.8) is 0 Å². The molecule has 3 aromatic carbocycles. The molecular weight excluding hydrogens is 384 g/mol. The van der Waals surface area contributed by atoms with Gasteiger partial charge in [-0.05, 0) is 36.8 Å². The van der Waals surface area contributed by atoms with Crippen molar-refractivity contribution in [2.24, 2.45) is 0 Å². The van der Waals surface area contributed by atoms with Crippen molar-refractivity contribution in [2.45, 2.75) is 18.0 Å². The molecule has 0 aromatic heterocycles. The summed E-state index contributed by atoms with van der Waals surface area (Å²) in [5.41, 5.74) is 2.30. The number of benzene rings is 3. The first-order valence-electron chi connectivity index (χ1n) is 9.48. The van der Waals surface area contributed by atoms with E-state index in [2.05, 4.69) is 0 Å². The lowest BCUT2D eigenvalue weighted by molar-refractivity contribution is 0.0693. The largest absolute Gasteiger partial charge is 0.316 e. The summed E-state index contributed by atoms with van der Waals surface area (Å²) < 4.78 is 28.3. The molecule has 0 radical (unpaired) electrons. The number of hydrogen-bond donors (Lipinski definition) is 0. The Hall–Kier alpha value is -2.96. The van der Waals surface area contributed by atoms with E-state index in [0.29, 0.717) is 12.1 Å². The van der Waals surface area contributed by atoms with Crippen molar-refractivity contribution in [3.05, 3.63) is 102 Å². The molecule has 0 spiro atoms. The molecule has 0 N–H and O–H groups in total. The van der Waals surface area contributed by atoms with Crippen molar-refractivity contribution in [1.82, 2.24) is 9.21 Å². The molecule has 3 aromatic rings. The lowest BCUT2D eigenvalue weighted by atomic mass is 10.1. The van der Waals surface area contributed by atoms with Crippen LogP contribution in [0.5, 0.6) is 0 Å². The highest BCUT2D eigenvalue weighted by molar-refractivity contribution is 7.89. The zero-order valence-electron chi connectivity index (χ0n) is 16.1. The second kappa shape index (κ2) is 7.81. The Morgan fingerprint density at radius 2 is 1.41 bits per heavy atom. The van der Waals surface area contributed by atoms with Gasteiger partial charge in [-0.1, -0.05) is 66.2 Å². The molecule has 4 rings (SSSR count). The fourth-order valence-corrected chi connectivity index (χ4v) is 5.21. The fraction of sp³-hybridized carbons (Fsp3) is 0.174. The van der Waals surface area contributed by atoms with Crippen LogP contribution in [0.4, 0.5) is 0 Å².